The molecule has 0 saturated carbocycles. The van der Waals surface area contributed by atoms with Crippen LogP contribution >= 0.6 is 0 Å². The van der Waals surface area contributed by atoms with Gasteiger partial charge in [0, 0.05) is 0 Å². The van der Waals surface area contributed by atoms with E-state index in [0.717, 1.165) is 0 Å². The van der Waals surface area contributed by atoms with E-state index in [-0.39, 0.29) is 13.2 Å². The van der Waals surface area contributed by atoms with E-state index in [1.165, 1.54) is 18.2 Å². The summed E-state index contributed by atoms with van der Waals surface area (Å²) in [5.41, 5.74) is -3.05. The standard InChI is InChI=1S/C15H14F3NO4/c1-3-14(15(16,17)18,12(20)22-4-2)19-13(21)23-10-11-8-6-5-7-9-11/h1,5-9H,4,10H2,2H3,(H,19,21). The Labute approximate surface area is 130 Å². The Bertz CT molecular complexity index is 595. The number of carbonyl (C=O) groups is 2. The summed E-state index contributed by atoms with van der Waals surface area (Å²) in [5.74, 6) is -0.542. The summed E-state index contributed by atoms with van der Waals surface area (Å²) < 4.78 is 48.5. The van der Waals surface area contributed by atoms with Crippen LogP contribution in [0.5, 0.6) is 0 Å². The minimum atomic E-state index is -5.25. The van der Waals surface area contributed by atoms with Crippen LogP contribution in [0.2, 0.25) is 0 Å². The number of esters is 1. The summed E-state index contributed by atoms with van der Waals surface area (Å²) >= 11 is 0. The molecule has 0 aliphatic carbocycles. The van der Waals surface area contributed by atoms with Crippen LogP contribution in [-0.4, -0.2) is 30.4 Å². The monoisotopic (exact) mass is 329 g/mol. The van der Waals surface area contributed by atoms with Gasteiger partial charge in [0.2, 0.25) is 0 Å². The Morgan fingerprint density at radius 1 is 1.22 bits per heavy atom. The van der Waals surface area contributed by atoms with E-state index >= 15 is 0 Å². The molecule has 23 heavy (non-hydrogen) atoms. The lowest BCUT2D eigenvalue weighted by atomic mass is 10.0. The molecular weight excluding hydrogens is 315 g/mol. The van der Waals surface area contributed by atoms with E-state index in [0.29, 0.717) is 5.56 Å². The molecule has 5 nitrogen and oxygen atoms in total. The Balaban J connectivity index is 2.87. The van der Waals surface area contributed by atoms with Gasteiger partial charge >= 0.3 is 18.2 Å². The van der Waals surface area contributed by atoms with E-state index < -0.39 is 23.8 Å². The van der Waals surface area contributed by atoms with E-state index in [1.54, 1.807) is 30.3 Å². The van der Waals surface area contributed by atoms with Crippen molar-refractivity contribution in [1.29, 1.82) is 0 Å². The van der Waals surface area contributed by atoms with Crippen LogP contribution in [0, 0.1) is 12.3 Å². The third-order valence-electron chi connectivity index (χ3n) is 2.73. The van der Waals surface area contributed by atoms with Crippen molar-refractivity contribution in [3.63, 3.8) is 0 Å². The van der Waals surface area contributed by atoms with Crippen molar-refractivity contribution < 1.29 is 32.2 Å². The fraction of sp³-hybridized carbons (Fsp3) is 0.333. The van der Waals surface area contributed by atoms with Crippen LogP contribution in [0.3, 0.4) is 0 Å². The predicted octanol–water partition coefficient (Wildman–Crippen LogP) is 2.41. The Morgan fingerprint density at radius 3 is 2.30 bits per heavy atom. The van der Waals surface area contributed by atoms with Crippen LogP contribution < -0.4 is 5.32 Å². The lowest BCUT2D eigenvalue weighted by molar-refractivity contribution is -0.198. The first-order valence-electron chi connectivity index (χ1n) is 6.47. The third kappa shape index (κ3) is 4.39. The van der Waals surface area contributed by atoms with Crippen molar-refractivity contribution in [1.82, 2.24) is 5.32 Å². The topological polar surface area (TPSA) is 64.6 Å². The number of nitrogens with one attached hydrogen (secondary N) is 1. The molecule has 0 saturated heterocycles. The Hall–Kier alpha value is -2.69. The minimum Gasteiger partial charge on any atom is -0.463 e. The first kappa shape index (κ1) is 18.4. The molecule has 124 valence electrons. The number of hydrogen-bond acceptors (Lipinski definition) is 4. The zero-order valence-electron chi connectivity index (χ0n) is 12.1. The summed E-state index contributed by atoms with van der Waals surface area (Å²) in [4.78, 5) is 23.2. The second kappa shape index (κ2) is 7.54. The zero-order chi connectivity index (χ0) is 17.5. The number of amides is 1. The lowest BCUT2D eigenvalue weighted by Crippen LogP contribution is -2.63. The first-order valence-corrected chi connectivity index (χ1v) is 6.47. The molecule has 0 radical (unpaired) electrons. The molecule has 8 heteroatoms. The van der Waals surface area contributed by atoms with Crippen molar-refractivity contribution in [3.8, 4) is 12.3 Å². The number of halogens is 3. The highest BCUT2D eigenvalue weighted by atomic mass is 19.4. The number of alkyl halides is 3. The van der Waals surface area contributed by atoms with E-state index in [1.807, 2.05) is 0 Å². The summed E-state index contributed by atoms with van der Waals surface area (Å²) in [6.45, 7) is 0.691. The summed E-state index contributed by atoms with van der Waals surface area (Å²) in [7, 11) is 0. The van der Waals surface area contributed by atoms with E-state index in [2.05, 4.69) is 9.47 Å². The first-order chi connectivity index (χ1) is 10.8. The van der Waals surface area contributed by atoms with Gasteiger partial charge in [-0.15, -0.1) is 6.42 Å². The van der Waals surface area contributed by atoms with Gasteiger partial charge < -0.3 is 9.47 Å². The number of benzene rings is 1. The molecule has 0 spiro atoms. The number of rotatable bonds is 5. The Morgan fingerprint density at radius 2 is 1.83 bits per heavy atom. The van der Waals surface area contributed by atoms with E-state index in [9.17, 15) is 22.8 Å². The molecule has 1 amide bonds. The van der Waals surface area contributed by atoms with Gasteiger partial charge in [0.25, 0.3) is 5.54 Å². The molecule has 0 aliphatic rings. The van der Waals surface area contributed by atoms with Crippen LogP contribution in [0.1, 0.15) is 12.5 Å². The van der Waals surface area contributed by atoms with Crippen molar-refractivity contribution in [3.05, 3.63) is 35.9 Å². The average molecular weight is 329 g/mol. The van der Waals surface area contributed by atoms with Gasteiger partial charge in [-0.2, -0.15) is 13.2 Å². The Kier molecular flexibility index (Phi) is 6.02. The number of carbonyl (C=O) groups excluding carboxylic acids is 2. The molecule has 0 aliphatic heterocycles. The fourth-order valence-corrected chi connectivity index (χ4v) is 1.57. The maximum Gasteiger partial charge on any atom is 0.434 e. The number of alkyl carbamates (subject to hydrolysis) is 1. The molecule has 0 heterocycles. The highest BCUT2D eigenvalue weighted by Crippen LogP contribution is 2.31. The number of terminal acetylenes is 1. The van der Waals surface area contributed by atoms with Gasteiger partial charge in [-0.25, -0.2) is 9.59 Å². The SMILES string of the molecule is C#CC(NC(=O)OCc1ccccc1)(C(=O)OCC)C(F)(F)F. The van der Waals surface area contributed by atoms with Gasteiger partial charge in [-0.05, 0) is 12.5 Å². The maximum atomic E-state index is 13.2. The lowest BCUT2D eigenvalue weighted by Gasteiger charge is -2.28. The van der Waals surface area contributed by atoms with Crippen molar-refractivity contribution in [2.75, 3.05) is 6.61 Å². The van der Waals surface area contributed by atoms with Gasteiger partial charge in [-0.1, -0.05) is 36.3 Å². The summed E-state index contributed by atoms with van der Waals surface area (Å²) in [5, 5.41) is 1.38. The van der Waals surface area contributed by atoms with Crippen LogP contribution in [0.25, 0.3) is 0 Å². The third-order valence-corrected chi connectivity index (χ3v) is 2.73. The smallest absolute Gasteiger partial charge is 0.434 e. The average Bonchev–Trinajstić information content (AvgIpc) is 2.50. The summed E-state index contributed by atoms with van der Waals surface area (Å²) in [6, 6.07) is 8.26. The maximum absolute atomic E-state index is 13.2. The number of ether oxygens (including phenoxy) is 2. The van der Waals surface area contributed by atoms with Gasteiger partial charge in [-0.3, -0.25) is 5.32 Å². The molecule has 1 aromatic carbocycles. The quantitative estimate of drug-likeness (QED) is 0.665. The van der Waals surface area contributed by atoms with Gasteiger partial charge in [0.15, 0.2) is 0 Å². The van der Waals surface area contributed by atoms with Gasteiger partial charge in [0.05, 0.1) is 6.61 Å². The second-order valence-electron chi connectivity index (χ2n) is 4.30. The summed E-state index contributed by atoms with van der Waals surface area (Å²) in [6.07, 6.45) is -1.90. The van der Waals surface area contributed by atoms with Crippen molar-refractivity contribution in [2.45, 2.75) is 25.2 Å². The molecule has 0 bridgehead atoms. The zero-order valence-corrected chi connectivity index (χ0v) is 12.1. The number of hydrogen-bond donors (Lipinski definition) is 1. The highest BCUT2D eigenvalue weighted by Gasteiger charge is 2.62. The van der Waals surface area contributed by atoms with Crippen LogP contribution in [0.15, 0.2) is 30.3 Å². The largest absolute Gasteiger partial charge is 0.463 e. The molecule has 1 atom stereocenters. The normalized spacial score (nSPS) is 13.3. The molecule has 0 aromatic heterocycles. The minimum absolute atomic E-state index is 0.284. The van der Waals surface area contributed by atoms with Gasteiger partial charge in [0.1, 0.15) is 6.61 Å². The molecule has 1 unspecified atom stereocenters. The molecule has 1 rings (SSSR count). The molecule has 0 fully saturated rings. The molecule has 1 N–H and O–H groups in total. The van der Waals surface area contributed by atoms with E-state index in [4.69, 9.17) is 6.42 Å². The second-order valence-corrected chi connectivity index (χ2v) is 4.30. The molecule has 1 aromatic rings. The van der Waals surface area contributed by atoms with Crippen molar-refractivity contribution >= 4 is 12.1 Å². The van der Waals surface area contributed by atoms with Crippen LogP contribution in [0.4, 0.5) is 18.0 Å². The predicted molar refractivity (Wildman–Crippen MR) is 74.0 cm³/mol. The fourth-order valence-electron chi connectivity index (χ4n) is 1.57. The highest BCUT2D eigenvalue weighted by molar-refractivity contribution is 5.90. The van der Waals surface area contributed by atoms with Crippen molar-refractivity contribution in [2.24, 2.45) is 0 Å². The molecular formula is C15H14F3NO4. The van der Waals surface area contributed by atoms with Crippen LogP contribution in [-0.2, 0) is 20.9 Å².